The molecule has 3 unspecified atom stereocenters. The summed E-state index contributed by atoms with van der Waals surface area (Å²) >= 11 is 2.50. The lowest BCUT2D eigenvalue weighted by molar-refractivity contribution is -0.113. The van der Waals surface area contributed by atoms with Gasteiger partial charge in [-0.15, -0.1) is 0 Å². The van der Waals surface area contributed by atoms with Crippen molar-refractivity contribution in [2.45, 2.75) is 38.7 Å². The van der Waals surface area contributed by atoms with Gasteiger partial charge in [-0.2, -0.15) is 0 Å². The molecule has 2 heteroatoms. The summed E-state index contributed by atoms with van der Waals surface area (Å²) in [4.78, 5) is 0. The molecule has 2 fully saturated rings. The molecule has 2 bridgehead atoms. The summed E-state index contributed by atoms with van der Waals surface area (Å²) in [6.45, 7) is 4.80. The molecule has 0 radical (unpaired) electrons. The molecule has 76 valence electrons. The second-order valence-electron chi connectivity index (χ2n) is 5.16. The van der Waals surface area contributed by atoms with Crippen molar-refractivity contribution in [2.24, 2.45) is 17.3 Å². The highest BCUT2D eigenvalue weighted by Crippen LogP contribution is 2.63. The highest BCUT2D eigenvalue weighted by atomic mass is 127. The quantitative estimate of drug-likeness (QED) is 0.561. The minimum Gasteiger partial charge on any atom is -0.377 e. The SMILES string of the molecule is COC1(CI)C2CCC(C2)C1(C)C. The van der Waals surface area contributed by atoms with Crippen molar-refractivity contribution in [1.82, 2.24) is 0 Å². The molecule has 0 amide bonds. The first kappa shape index (κ1) is 10.2. The summed E-state index contributed by atoms with van der Waals surface area (Å²) in [5.41, 5.74) is 0.572. The van der Waals surface area contributed by atoms with Crippen molar-refractivity contribution in [2.75, 3.05) is 11.5 Å². The summed E-state index contributed by atoms with van der Waals surface area (Å²) < 4.78 is 7.04. The molecule has 2 saturated carbocycles. The maximum atomic E-state index is 5.89. The van der Waals surface area contributed by atoms with Crippen molar-refractivity contribution in [3.8, 4) is 0 Å². The van der Waals surface area contributed by atoms with Gasteiger partial charge in [-0.3, -0.25) is 0 Å². The maximum absolute atomic E-state index is 5.89. The topological polar surface area (TPSA) is 9.23 Å². The van der Waals surface area contributed by atoms with Gasteiger partial charge >= 0.3 is 0 Å². The zero-order valence-electron chi connectivity index (χ0n) is 8.77. The number of methoxy groups -OCH3 is 1. The van der Waals surface area contributed by atoms with Crippen LogP contribution >= 0.6 is 22.6 Å². The monoisotopic (exact) mass is 294 g/mol. The fourth-order valence-corrected chi connectivity index (χ4v) is 5.61. The number of hydrogen-bond donors (Lipinski definition) is 0. The Kier molecular flexibility index (Phi) is 2.43. The van der Waals surface area contributed by atoms with E-state index < -0.39 is 0 Å². The van der Waals surface area contributed by atoms with E-state index in [0.717, 1.165) is 16.3 Å². The van der Waals surface area contributed by atoms with Crippen LogP contribution < -0.4 is 0 Å². The first-order chi connectivity index (χ1) is 6.08. The molecule has 0 aromatic rings. The van der Waals surface area contributed by atoms with Gasteiger partial charge in [0.2, 0.25) is 0 Å². The van der Waals surface area contributed by atoms with E-state index in [9.17, 15) is 0 Å². The number of halogens is 1. The molecule has 2 aliphatic carbocycles. The third-order valence-corrected chi connectivity index (χ3v) is 5.90. The van der Waals surface area contributed by atoms with Gasteiger partial charge in [0.1, 0.15) is 0 Å². The van der Waals surface area contributed by atoms with Gasteiger partial charge < -0.3 is 4.74 Å². The fraction of sp³-hybridized carbons (Fsp3) is 1.00. The lowest BCUT2D eigenvalue weighted by Crippen LogP contribution is -2.52. The van der Waals surface area contributed by atoms with Gasteiger partial charge in [-0.1, -0.05) is 36.4 Å². The van der Waals surface area contributed by atoms with E-state index in [1.807, 2.05) is 7.11 Å². The Bertz CT molecular complexity index is 208. The van der Waals surface area contributed by atoms with E-state index in [1.165, 1.54) is 19.3 Å². The predicted octanol–water partition coefficient (Wildman–Crippen LogP) is 3.26. The van der Waals surface area contributed by atoms with E-state index in [4.69, 9.17) is 4.74 Å². The largest absolute Gasteiger partial charge is 0.377 e. The van der Waals surface area contributed by atoms with E-state index in [-0.39, 0.29) is 5.60 Å². The fourth-order valence-electron chi connectivity index (χ4n) is 3.70. The minimum atomic E-state index is 0.177. The molecule has 0 saturated heterocycles. The van der Waals surface area contributed by atoms with E-state index >= 15 is 0 Å². The van der Waals surface area contributed by atoms with Crippen molar-refractivity contribution in [3.63, 3.8) is 0 Å². The summed E-state index contributed by atoms with van der Waals surface area (Å²) in [6.07, 6.45) is 4.23. The second kappa shape index (κ2) is 3.09. The minimum absolute atomic E-state index is 0.177. The molecule has 0 N–H and O–H groups in total. The van der Waals surface area contributed by atoms with Crippen LogP contribution in [0, 0.1) is 17.3 Å². The lowest BCUT2D eigenvalue weighted by Gasteiger charge is -2.48. The van der Waals surface area contributed by atoms with Gasteiger partial charge in [-0.05, 0) is 36.5 Å². The summed E-state index contributed by atoms with van der Waals surface area (Å²) in [6, 6.07) is 0. The Morgan fingerprint density at radius 2 is 1.92 bits per heavy atom. The molecule has 13 heavy (non-hydrogen) atoms. The van der Waals surface area contributed by atoms with Gasteiger partial charge in [0.25, 0.3) is 0 Å². The van der Waals surface area contributed by atoms with Crippen LogP contribution in [0.25, 0.3) is 0 Å². The third kappa shape index (κ3) is 1.08. The molecule has 2 aliphatic rings. The molecule has 0 aromatic carbocycles. The Morgan fingerprint density at radius 1 is 1.31 bits per heavy atom. The number of rotatable bonds is 2. The van der Waals surface area contributed by atoms with Crippen LogP contribution in [0.3, 0.4) is 0 Å². The van der Waals surface area contributed by atoms with Gasteiger partial charge in [-0.25, -0.2) is 0 Å². The van der Waals surface area contributed by atoms with Gasteiger partial charge in [0, 0.05) is 11.5 Å². The Morgan fingerprint density at radius 3 is 2.23 bits per heavy atom. The molecule has 0 heterocycles. The first-order valence-corrected chi connectivity index (χ1v) is 6.72. The molecule has 2 rings (SSSR count). The van der Waals surface area contributed by atoms with Crippen molar-refractivity contribution in [1.29, 1.82) is 0 Å². The van der Waals surface area contributed by atoms with Crippen LogP contribution in [0.1, 0.15) is 33.1 Å². The number of fused-ring (bicyclic) bond motifs is 2. The molecule has 0 aromatic heterocycles. The second-order valence-corrected chi connectivity index (χ2v) is 5.92. The molecule has 0 spiro atoms. The molecular formula is C11H19IO. The third-order valence-electron chi connectivity index (χ3n) is 4.77. The maximum Gasteiger partial charge on any atom is 0.0848 e. The lowest BCUT2D eigenvalue weighted by atomic mass is 9.66. The average molecular weight is 294 g/mol. The molecular weight excluding hydrogens is 275 g/mol. The number of ether oxygens (including phenoxy) is 1. The van der Waals surface area contributed by atoms with Crippen molar-refractivity contribution < 1.29 is 4.74 Å². The zero-order valence-corrected chi connectivity index (χ0v) is 10.9. The highest BCUT2D eigenvalue weighted by molar-refractivity contribution is 14.1. The zero-order chi connectivity index (χ0) is 9.69. The van der Waals surface area contributed by atoms with Crippen molar-refractivity contribution in [3.05, 3.63) is 0 Å². The summed E-state index contributed by atoms with van der Waals surface area (Å²) in [5, 5.41) is 0. The van der Waals surface area contributed by atoms with Crippen LogP contribution in [0.2, 0.25) is 0 Å². The van der Waals surface area contributed by atoms with Crippen LogP contribution in [0.4, 0.5) is 0 Å². The number of alkyl halides is 1. The van der Waals surface area contributed by atoms with Crippen LogP contribution in [0.5, 0.6) is 0 Å². The summed E-state index contributed by atoms with van der Waals surface area (Å²) in [7, 11) is 1.90. The van der Waals surface area contributed by atoms with Gasteiger partial charge in [0.15, 0.2) is 0 Å². The van der Waals surface area contributed by atoms with E-state index in [2.05, 4.69) is 36.4 Å². The Labute approximate surface area is 94.8 Å². The normalized spacial score (nSPS) is 47.1. The van der Waals surface area contributed by atoms with Crippen molar-refractivity contribution >= 4 is 22.6 Å². The number of hydrogen-bond acceptors (Lipinski definition) is 1. The standard InChI is InChI=1S/C11H19IO/c1-10(2)8-4-5-9(6-8)11(10,7-12)13-3/h8-9H,4-7H2,1-3H3. The Hall–Kier alpha value is 0.690. The summed E-state index contributed by atoms with van der Waals surface area (Å²) in [5.74, 6) is 1.74. The average Bonchev–Trinajstić information content (AvgIpc) is 2.62. The first-order valence-electron chi connectivity index (χ1n) is 5.19. The smallest absolute Gasteiger partial charge is 0.0848 e. The Balaban J connectivity index is 2.36. The highest BCUT2D eigenvalue weighted by Gasteiger charge is 2.62. The molecule has 1 nitrogen and oxygen atoms in total. The van der Waals surface area contributed by atoms with E-state index in [0.29, 0.717) is 5.41 Å². The van der Waals surface area contributed by atoms with Crippen LogP contribution in [-0.4, -0.2) is 17.1 Å². The van der Waals surface area contributed by atoms with Crippen LogP contribution in [-0.2, 0) is 4.74 Å². The molecule has 0 aliphatic heterocycles. The predicted molar refractivity (Wildman–Crippen MR) is 63.2 cm³/mol. The van der Waals surface area contributed by atoms with E-state index in [1.54, 1.807) is 0 Å². The van der Waals surface area contributed by atoms with Crippen LogP contribution in [0.15, 0.2) is 0 Å². The van der Waals surface area contributed by atoms with Gasteiger partial charge in [0.05, 0.1) is 5.60 Å². The molecule has 3 atom stereocenters.